The van der Waals surface area contributed by atoms with E-state index >= 15 is 0 Å². The number of hydrogen-bond acceptors (Lipinski definition) is 5. The molecule has 0 amide bonds. The summed E-state index contributed by atoms with van der Waals surface area (Å²) in [4.78, 5) is 27.5. The van der Waals surface area contributed by atoms with Gasteiger partial charge in [0.15, 0.2) is 22.4 Å². The number of carbonyl (C=O) groups excluding carboxylic acids is 1. The summed E-state index contributed by atoms with van der Waals surface area (Å²) in [7, 11) is 0. The summed E-state index contributed by atoms with van der Waals surface area (Å²) < 4.78 is 17.8. The fraction of sp³-hybridized carbons (Fsp3) is 0.150. The standard InChI is InChI=1S/C20H11BrClFN4OS2/c21-8-6-9(23)15-10(7-8)24-19(25-15)17-16(13-4-5-14(22)29-13)26-20-27(17)11-2-1-3-12(28)18(11)30-20/h4-7H,1-3H2,(H,24,25). The highest BCUT2D eigenvalue weighted by atomic mass is 79.9. The molecule has 150 valence electrons. The normalized spacial score (nSPS) is 14.2. The molecule has 10 heteroatoms. The van der Waals surface area contributed by atoms with Crippen molar-refractivity contribution in [3.05, 3.63) is 49.5 Å². The highest BCUT2D eigenvalue weighted by Crippen LogP contribution is 2.42. The van der Waals surface area contributed by atoms with Crippen molar-refractivity contribution in [3.8, 4) is 22.1 Å². The van der Waals surface area contributed by atoms with Crippen LogP contribution in [0.4, 0.5) is 4.39 Å². The van der Waals surface area contributed by atoms with Gasteiger partial charge in [-0.05, 0) is 37.1 Å². The van der Waals surface area contributed by atoms with Crippen LogP contribution in [0.2, 0.25) is 4.34 Å². The number of thiazole rings is 1. The van der Waals surface area contributed by atoms with Gasteiger partial charge in [-0.2, -0.15) is 0 Å². The lowest BCUT2D eigenvalue weighted by molar-refractivity contribution is 0.0976. The van der Waals surface area contributed by atoms with Gasteiger partial charge in [0.25, 0.3) is 0 Å². The summed E-state index contributed by atoms with van der Waals surface area (Å²) in [5.74, 6) is 0.247. The van der Waals surface area contributed by atoms with E-state index in [2.05, 4.69) is 25.9 Å². The lowest BCUT2D eigenvalue weighted by Gasteiger charge is -2.11. The number of aromatic amines is 1. The molecule has 6 rings (SSSR count). The molecular formula is C20H11BrClFN4OS2. The molecule has 4 aromatic heterocycles. The molecule has 0 spiro atoms. The molecule has 5 nitrogen and oxygen atoms in total. The van der Waals surface area contributed by atoms with Crippen molar-refractivity contribution in [1.29, 1.82) is 0 Å². The minimum Gasteiger partial charge on any atom is -0.337 e. The second-order valence-corrected chi connectivity index (χ2v) is 10.7. The molecule has 30 heavy (non-hydrogen) atoms. The van der Waals surface area contributed by atoms with Crippen molar-refractivity contribution in [2.75, 3.05) is 0 Å². The van der Waals surface area contributed by atoms with Crippen molar-refractivity contribution in [3.63, 3.8) is 0 Å². The Balaban J connectivity index is 1.70. The molecule has 0 saturated heterocycles. The number of thiophene rings is 1. The Morgan fingerprint density at radius 3 is 2.87 bits per heavy atom. The van der Waals surface area contributed by atoms with Crippen molar-refractivity contribution in [2.45, 2.75) is 19.3 Å². The maximum Gasteiger partial charge on any atom is 0.195 e. The van der Waals surface area contributed by atoms with E-state index in [0.717, 1.165) is 44.6 Å². The van der Waals surface area contributed by atoms with Crippen LogP contribution in [-0.2, 0) is 6.42 Å². The summed E-state index contributed by atoms with van der Waals surface area (Å²) in [6.07, 6.45) is 2.15. The van der Waals surface area contributed by atoms with Gasteiger partial charge in [-0.15, -0.1) is 11.3 Å². The second-order valence-electron chi connectivity index (χ2n) is 7.05. The number of Topliss-reactive ketones (excluding diaryl/α,β-unsaturated/α-hetero) is 1. The Labute approximate surface area is 190 Å². The first-order valence-corrected chi connectivity index (χ1v) is 12.0. The summed E-state index contributed by atoms with van der Waals surface area (Å²) in [5.41, 5.74) is 3.24. The van der Waals surface area contributed by atoms with Gasteiger partial charge in [0, 0.05) is 16.6 Å². The van der Waals surface area contributed by atoms with Crippen LogP contribution in [-0.4, -0.2) is 25.1 Å². The maximum atomic E-state index is 14.5. The SMILES string of the molecule is O=C1CCCc2c1sc1nc(-c3ccc(Cl)s3)c(-c3nc4c(F)cc(Br)cc4[nH]3)n21. The number of imidazole rings is 2. The van der Waals surface area contributed by atoms with E-state index in [0.29, 0.717) is 26.6 Å². The molecule has 5 aromatic rings. The first-order chi connectivity index (χ1) is 14.5. The second kappa shape index (κ2) is 6.71. The molecule has 1 aliphatic rings. The number of aryl methyl sites for hydroxylation is 1. The summed E-state index contributed by atoms with van der Waals surface area (Å²) in [6.45, 7) is 0. The zero-order chi connectivity index (χ0) is 20.6. The van der Waals surface area contributed by atoms with Gasteiger partial charge in [0.05, 0.1) is 19.6 Å². The van der Waals surface area contributed by atoms with E-state index < -0.39 is 5.82 Å². The number of rotatable bonds is 2. The Hall–Kier alpha value is -2.07. The van der Waals surface area contributed by atoms with Crippen LogP contribution >= 0.6 is 50.2 Å². The van der Waals surface area contributed by atoms with Crippen LogP contribution in [0, 0.1) is 5.82 Å². The molecule has 0 aliphatic heterocycles. The molecule has 0 radical (unpaired) electrons. The summed E-state index contributed by atoms with van der Waals surface area (Å²) in [6, 6.07) is 6.93. The first-order valence-electron chi connectivity index (χ1n) is 9.18. The van der Waals surface area contributed by atoms with E-state index in [1.54, 1.807) is 6.07 Å². The average molecular weight is 522 g/mol. The third-order valence-electron chi connectivity index (χ3n) is 5.18. The van der Waals surface area contributed by atoms with Gasteiger partial charge >= 0.3 is 0 Å². The van der Waals surface area contributed by atoms with E-state index in [1.165, 1.54) is 28.7 Å². The number of hydrogen-bond donors (Lipinski definition) is 1. The van der Waals surface area contributed by atoms with E-state index in [-0.39, 0.29) is 11.3 Å². The third-order valence-corrected chi connectivity index (χ3v) is 8.00. The van der Waals surface area contributed by atoms with Crippen LogP contribution in [0.25, 0.3) is 38.1 Å². The number of halogens is 3. The number of fused-ring (bicyclic) bond motifs is 4. The Morgan fingerprint density at radius 2 is 2.07 bits per heavy atom. The molecule has 1 aromatic carbocycles. The minimum atomic E-state index is -0.411. The number of nitrogens with one attached hydrogen (secondary N) is 1. The monoisotopic (exact) mass is 520 g/mol. The smallest absolute Gasteiger partial charge is 0.195 e. The fourth-order valence-corrected chi connectivity index (χ4v) is 6.53. The summed E-state index contributed by atoms with van der Waals surface area (Å²) >= 11 is 12.3. The van der Waals surface area contributed by atoms with Crippen molar-refractivity contribution < 1.29 is 9.18 Å². The largest absolute Gasteiger partial charge is 0.337 e. The number of aromatic nitrogens is 4. The van der Waals surface area contributed by atoms with Gasteiger partial charge in [0.2, 0.25) is 0 Å². The number of ketones is 1. The van der Waals surface area contributed by atoms with E-state index in [9.17, 15) is 9.18 Å². The Bertz CT molecular complexity index is 1500. The zero-order valence-corrected chi connectivity index (χ0v) is 19.1. The molecule has 0 unspecified atom stereocenters. The van der Waals surface area contributed by atoms with Gasteiger partial charge < -0.3 is 4.98 Å². The predicted octanol–water partition coefficient (Wildman–Crippen LogP) is 6.74. The first kappa shape index (κ1) is 18.7. The average Bonchev–Trinajstić information content (AvgIpc) is 3.43. The Kier molecular flexibility index (Phi) is 4.18. The highest BCUT2D eigenvalue weighted by molar-refractivity contribution is 9.10. The van der Waals surface area contributed by atoms with Crippen molar-refractivity contribution in [2.24, 2.45) is 0 Å². The van der Waals surface area contributed by atoms with Crippen LogP contribution in [0.15, 0.2) is 28.7 Å². The molecular weight excluding hydrogens is 511 g/mol. The molecule has 4 heterocycles. The predicted molar refractivity (Wildman–Crippen MR) is 121 cm³/mol. The fourth-order valence-electron chi connectivity index (χ4n) is 3.93. The van der Waals surface area contributed by atoms with E-state index in [4.69, 9.17) is 16.6 Å². The third kappa shape index (κ3) is 2.72. The topological polar surface area (TPSA) is 63.0 Å². The number of nitrogens with zero attached hydrogens (tertiary/aromatic N) is 3. The van der Waals surface area contributed by atoms with Gasteiger partial charge in [-0.25, -0.2) is 14.4 Å². The highest BCUT2D eigenvalue weighted by Gasteiger charge is 2.29. The van der Waals surface area contributed by atoms with Crippen LogP contribution in [0.5, 0.6) is 0 Å². The van der Waals surface area contributed by atoms with Crippen LogP contribution in [0.1, 0.15) is 28.2 Å². The summed E-state index contributed by atoms with van der Waals surface area (Å²) in [5, 5.41) is 0. The minimum absolute atomic E-state index is 0.151. The van der Waals surface area contributed by atoms with Gasteiger partial charge in [0.1, 0.15) is 16.9 Å². The lowest BCUT2D eigenvalue weighted by Crippen LogP contribution is -2.10. The zero-order valence-electron chi connectivity index (χ0n) is 15.1. The lowest BCUT2D eigenvalue weighted by atomic mass is 10.0. The quantitative estimate of drug-likeness (QED) is 0.280. The molecule has 0 saturated carbocycles. The maximum absolute atomic E-state index is 14.5. The molecule has 0 fully saturated rings. The molecule has 1 N–H and O–H groups in total. The van der Waals surface area contributed by atoms with Crippen molar-refractivity contribution >= 4 is 72.0 Å². The molecule has 1 aliphatic carbocycles. The Morgan fingerprint density at radius 1 is 1.20 bits per heavy atom. The van der Waals surface area contributed by atoms with Gasteiger partial charge in [-0.1, -0.05) is 38.9 Å². The number of benzene rings is 1. The number of H-pyrrole nitrogens is 1. The van der Waals surface area contributed by atoms with E-state index in [1.807, 2.05) is 16.5 Å². The van der Waals surface area contributed by atoms with Crippen molar-refractivity contribution in [1.82, 2.24) is 19.4 Å². The molecule has 0 atom stereocenters. The molecule has 0 bridgehead atoms. The van der Waals surface area contributed by atoms with Crippen LogP contribution < -0.4 is 0 Å². The number of carbonyl (C=O) groups is 1. The van der Waals surface area contributed by atoms with Crippen LogP contribution in [0.3, 0.4) is 0 Å². The van der Waals surface area contributed by atoms with Gasteiger partial charge in [-0.3, -0.25) is 9.20 Å².